The van der Waals surface area contributed by atoms with Gasteiger partial charge in [-0.05, 0) is 48.4 Å². The SMILES string of the molecule is CC1(C)c2cc(CC3CCN(S(N)(=O)=O)CC3)ccc2C(=O)c2c1[nH]c1cc(C#N)ccc21. The molecule has 0 amide bonds. The molecule has 0 radical (unpaired) electrons. The van der Waals surface area contributed by atoms with Gasteiger partial charge < -0.3 is 4.98 Å². The Labute approximate surface area is 193 Å². The molecule has 1 saturated heterocycles. The standard InChI is InChI=1S/C25H26N4O3S/c1-25(2)20-12-16(11-15-7-9-29(10-8-15)33(27,31)32)3-5-18(20)23(30)22-19-6-4-17(14-26)13-21(19)28-24(22)25/h3-6,12-13,15,28H,7-11H2,1-2H3,(H2,27,31,32). The monoisotopic (exact) mass is 462 g/mol. The van der Waals surface area contributed by atoms with E-state index in [1.807, 2.05) is 18.2 Å². The van der Waals surface area contributed by atoms with Crippen molar-refractivity contribution in [1.29, 1.82) is 5.26 Å². The first-order valence-electron chi connectivity index (χ1n) is 11.1. The van der Waals surface area contributed by atoms with Gasteiger partial charge in [-0.2, -0.15) is 18.0 Å². The second-order valence-corrected chi connectivity index (χ2v) is 11.2. The number of nitrogens with zero attached hydrogens (tertiary/aromatic N) is 2. The van der Waals surface area contributed by atoms with Crippen LogP contribution in [0.4, 0.5) is 0 Å². The molecule has 8 heteroatoms. The summed E-state index contributed by atoms with van der Waals surface area (Å²) in [4.78, 5) is 16.9. The largest absolute Gasteiger partial charge is 0.357 e. The van der Waals surface area contributed by atoms with Gasteiger partial charge in [-0.1, -0.05) is 38.1 Å². The number of carbonyl (C=O) groups is 1. The third kappa shape index (κ3) is 3.57. The Balaban J connectivity index is 1.47. The molecule has 0 bridgehead atoms. The molecule has 170 valence electrons. The molecule has 0 unspecified atom stereocenters. The van der Waals surface area contributed by atoms with Crippen LogP contribution in [0.2, 0.25) is 0 Å². The Bertz CT molecular complexity index is 1440. The minimum Gasteiger partial charge on any atom is -0.357 e. The van der Waals surface area contributed by atoms with E-state index >= 15 is 0 Å². The van der Waals surface area contributed by atoms with Crippen LogP contribution in [0.1, 0.15) is 65.0 Å². The highest BCUT2D eigenvalue weighted by Crippen LogP contribution is 2.44. The molecule has 1 aromatic heterocycles. The number of hydrogen-bond acceptors (Lipinski definition) is 4. The number of hydrogen-bond donors (Lipinski definition) is 2. The van der Waals surface area contributed by atoms with Gasteiger partial charge in [-0.3, -0.25) is 4.79 Å². The van der Waals surface area contributed by atoms with Crippen LogP contribution in [0.15, 0.2) is 36.4 Å². The molecule has 2 heterocycles. The third-order valence-electron chi connectivity index (χ3n) is 7.24. The molecular formula is C25H26N4O3S. The number of aromatic nitrogens is 1. The zero-order valence-corrected chi connectivity index (χ0v) is 19.5. The third-order valence-corrected chi connectivity index (χ3v) is 8.32. The van der Waals surface area contributed by atoms with Gasteiger partial charge in [-0.15, -0.1) is 0 Å². The van der Waals surface area contributed by atoms with Crippen molar-refractivity contribution in [3.8, 4) is 6.07 Å². The van der Waals surface area contributed by atoms with Gasteiger partial charge in [0.25, 0.3) is 10.2 Å². The Morgan fingerprint density at radius 3 is 2.58 bits per heavy atom. The smallest absolute Gasteiger partial charge is 0.276 e. The number of fused-ring (bicyclic) bond motifs is 4. The van der Waals surface area contributed by atoms with E-state index in [4.69, 9.17) is 5.14 Å². The number of nitrogens with two attached hydrogens (primary N) is 1. The van der Waals surface area contributed by atoms with Crippen LogP contribution < -0.4 is 5.14 Å². The topological polar surface area (TPSA) is 120 Å². The Morgan fingerprint density at radius 2 is 1.91 bits per heavy atom. The van der Waals surface area contributed by atoms with Crippen molar-refractivity contribution in [3.63, 3.8) is 0 Å². The lowest BCUT2D eigenvalue weighted by Gasteiger charge is -2.33. The zero-order valence-electron chi connectivity index (χ0n) is 18.7. The van der Waals surface area contributed by atoms with Gasteiger partial charge >= 0.3 is 0 Å². The quantitative estimate of drug-likeness (QED) is 0.620. The maximum absolute atomic E-state index is 13.5. The highest BCUT2D eigenvalue weighted by Gasteiger charge is 2.39. The van der Waals surface area contributed by atoms with Gasteiger partial charge in [0.1, 0.15) is 0 Å². The van der Waals surface area contributed by atoms with Crippen molar-refractivity contribution in [2.24, 2.45) is 11.1 Å². The minimum absolute atomic E-state index is 0.00305. The van der Waals surface area contributed by atoms with E-state index in [9.17, 15) is 18.5 Å². The van der Waals surface area contributed by atoms with Crippen molar-refractivity contribution in [3.05, 3.63) is 69.9 Å². The van der Waals surface area contributed by atoms with E-state index in [1.165, 1.54) is 4.31 Å². The van der Waals surface area contributed by atoms with Crippen LogP contribution in [0.25, 0.3) is 10.9 Å². The van der Waals surface area contributed by atoms with Crippen LogP contribution in [-0.4, -0.2) is 36.6 Å². The number of nitrogens with one attached hydrogen (secondary N) is 1. The summed E-state index contributed by atoms with van der Waals surface area (Å²) in [5.41, 5.74) is 5.37. The first-order valence-corrected chi connectivity index (χ1v) is 12.6. The normalized spacial score (nSPS) is 18.7. The lowest BCUT2D eigenvalue weighted by Crippen LogP contribution is -2.42. The van der Waals surface area contributed by atoms with Crippen LogP contribution in [0.3, 0.4) is 0 Å². The van der Waals surface area contributed by atoms with Gasteiger partial charge in [0.2, 0.25) is 0 Å². The van der Waals surface area contributed by atoms with Crippen LogP contribution >= 0.6 is 0 Å². The maximum atomic E-state index is 13.5. The summed E-state index contributed by atoms with van der Waals surface area (Å²) in [6.45, 7) is 5.13. The lowest BCUT2D eigenvalue weighted by atomic mass is 9.70. The fourth-order valence-corrected chi connectivity index (χ4v) is 6.10. The fraction of sp³-hybridized carbons (Fsp3) is 0.360. The molecule has 33 heavy (non-hydrogen) atoms. The summed E-state index contributed by atoms with van der Waals surface area (Å²) in [6, 6.07) is 13.6. The van der Waals surface area contributed by atoms with Crippen molar-refractivity contribution in [2.75, 3.05) is 13.1 Å². The molecule has 1 fully saturated rings. The summed E-state index contributed by atoms with van der Waals surface area (Å²) >= 11 is 0. The van der Waals surface area contributed by atoms with E-state index in [-0.39, 0.29) is 5.78 Å². The predicted octanol–water partition coefficient (Wildman–Crippen LogP) is 3.37. The van der Waals surface area contributed by atoms with Gasteiger partial charge in [0.15, 0.2) is 5.78 Å². The maximum Gasteiger partial charge on any atom is 0.276 e. The summed E-state index contributed by atoms with van der Waals surface area (Å²) in [7, 11) is -3.63. The fourth-order valence-electron chi connectivity index (χ4n) is 5.38. The number of piperidine rings is 1. The minimum atomic E-state index is -3.63. The molecule has 1 aliphatic carbocycles. The first kappa shape index (κ1) is 21.8. The Morgan fingerprint density at radius 1 is 1.18 bits per heavy atom. The summed E-state index contributed by atoms with van der Waals surface area (Å²) in [5.74, 6) is 0.375. The van der Waals surface area contributed by atoms with E-state index in [0.717, 1.165) is 47.0 Å². The van der Waals surface area contributed by atoms with Crippen molar-refractivity contribution < 1.29 is 13.2 Å². The molecule has 0 atom stereocenters. The van der Waals surface area contributed by atoms with E-state index in [1.54, 1.807) is 12.1 Å². The van der Waals surface area contributed by atoms with Crippen molar-refractivity contribution in [2.45, 2.75) is 38.5 Å². The van der Waals surface area contributed by atoms with Crippen LogP contribution in [-0.2, 0) is 22.0 Å². The molecule has 2 aliphatic rings. The molecule has 3 aromatic rings. The van der Waals surface area contributed by atoms with Crippen molar-refractivity contribution in [1.82, 2.24) is 9.29 Å². The van der Waals surface area contributed by atoms with Gasteiger partial charge in [0, 0.05) is 40.7 Å². The number of benzene rings is 2. The number of carbonyl (C=O) groups excluding carboxylic acids is 1. The Hall–Kier alpha value is -2.99. The van der Waals surface area contributed by atoms with Crippen LogP contribution in [0, 0.1) is 17.2 Å². The number of aromatic amines is 1. The second-order valence-electron chi connectivity index (χ2n) is 9.67. The molecule has 5 rings (SSSR count). The second kappa shape index (κ2) is 7.52. The average molecular weight is 463 g/mol. The summed E-state index contributed by atoms with van der Waals surface area (Å²) in [6.07, 6.45) is 2.37. The van der Waals surface area contributed by atoms with E-state index in [0.29, 0.717) is 35.7 Å². The van der Waals surface area contributed by atoms with Crippen molar-refractivity contribution >= 4 is 26.9 Å². The van der Waals surface area contributed by atoms with E-state index < -0.39 is 15.6 Å². The zero-order chi connectivity index (χ0) is 23.5. The first-order chi connectivity index (χ1) is 15.6. The van der Waals surface area contributed by atoms with Gasteiger partial charge in [-0.25, -0.2) is 5.14 Å². The highest BCUT2D eigenvalue weighted by molar-refractivity contribution is 7.86. The number of nitriles is 1. The summed E-state index contributed by atoms with van der Waals surface area (Å²) in [5, 5.41) is 15.4. The molecule has 1 aliphatic heterocycles. The van der Waals surface area contributed by atoms with Gasteiger partial charge in [0.05, 0.1) is 17.2 Å². The highest BCUT2D eigenvalue weighted by atomic mass is 32.2. The van der Waals surface area contributed by atoms with Crippen LogP contribution in [0.5, 0.6) is 0 Å². The molecule has 7 nitrogen and oxygen atoms in total. The summed E-state index contributed by atoms with van der Waals surface area (Å²) < 4.78 is 24.5. The Kier molecular flexibility index (Phi) is 4.98. The lowest BCUT2D eigenvalue weighted by molar-refractivity contribution is 0.103. The molecule has 2 aromatic carbocycles. The molecule has 0 spiro atoms. The number of ketones is 1. The average Bonchev–Trinajstić information content (AvgIpc) is 3.17. The van der Waals surface area contributed by atoms with E-state index in [2.05, 4.69) is 31.0 Å². The molecule has 3 N–H and O–H groups in total. The molecule has 0 saturated carbocycles. The number of H-pyrrole nitrogens is 1. The molecular weight excluding hydrogens is 436 g/mol. The predicted molar refractivity (Wildman–Crippen MR) is 126 cm³/mol. The number of rotatable bonds is 3.